The number of carbonyl (C=O) groups is 2. The molecule has 2 rings (SSSR count). The van der Waals surface area contributed by atoms with Crippen molar-refractivity contribution >= 4 is 17.7 Å². The molecule has 0 fully saturated rings. The lowest BCUT2D eigenvalue weighted by Gasteiger charge is -2.27. The van der Waals surface area contributed by atoms with Gasteiger partial charge in [-0.25, -0.2) is 14.0 Å². The summed E-state index contributed by atoms with van der Waals surface area (Å²) in [5.74, 6) is -1.65. The summed E-state index contributed by atoms with van der Waals surface area (Å²) in [5, 5.41) is 9.29. The largest absolute Gasteiger partial charge is 0.480 e. The molecule has 0 saturated heterocycles. The highest BCUT2D eigenvalue weighted by Crippen LogP contribution is 2.36. The molecule has 0 spiro atoms. The number of anilines is 1. The van der Waals surface area contributed by atoms with Crippen LogP contribution in [-0.4, -0.2) is 28.8 Å². The Bertz CT molecular complexity index is 606. The Morgan fingerprint density at radius 3 is 2.52 bits per heavy atom. The number of carbonyl (C=O) groups excluding carboxylic acids is 1. The highest BCUT2D eigenvalue weighted by molar-refractivity contribution is 5.98. The summed E-state index contributed by atoms with van der Waals surface area (Å²) < 4.78 is 19.4. The molecule has 1 amide bonds. The fraction of sp³-hybridized carbons (Fsp3) is 0.467. The van der Waals surface area contributed by atoms with Gasteiger partial charge in [-0.05, 0) is 39.3 Å². The molecule has 0 bridgehead atoms. The van der Waals surface area contributed by atoms with E-state index in [0.29, 0.717) is 5.56 Å². The maximum Gasteiger partial charge on any atom is 0.415 e. The van der Waals surface area contributed by atoms with Crippen LogP contribution >= 0.6 is 0 Å². The predicted molar refractivity (Wildman–Crippen MR) is 75.0 cm³/mol. The average Bonchev–Trinajstić information content (AvgIpc) is 2.72. The fourth-order valence-electron chi connectivity index (χ4n) is 2.33. The zero-order valence-electron chi connectivity index (χ0n) is 12.4. The van der Waals surface area contributed by atoms with E-state index >= 15 is 0 Å². The van der Waals surface area contributed by atoms with E-state index in [2.05, 4.69) is 0 Å². The number of amides is 1. The van der Waals surface area contributed by atoms with E-state index in [9.17, 15) is 19.1 Å². The van der Waals surface area contributed by atoms with Crippen molar-refractivity contribution in [1.82, 2.24) is 0 Å². The average molecular weight is 295 g/mol. The minimum atomic E-state index is -1.19. The van der Waals surface area contributed by atoms with Gasteiger partial charge in [-0.15, -0.1) is 0 Å². The Morgan fingerprint density at radius 2 is 2.00 bits per heavy atom. The van der Waals surface area contributed by atoms with Crippen LogP contribution in [0, 0.1) is 12.7 Å². The molecular formula is C15H18FNO4. The summed E-state index contributed by atoms with van der Waals surface area (Å²) in [6.07, 6.45) is -0.839. The Balaban J connectivity index is 2.46. The van der Waals surface area contributed by atoms with Crippen LogP contribution in [0.25, 0.3) is 0 Å². The highest BCUT2D eigenvalue weighted by Gasteiger charge is 2.42. The number of carboxylic acids is 1. The van der Waals surface area contributed by atoms with Crippen molar-refractivity contribution in [2.45, 2.75) is 45.8 Å². The fourth-order valence-corrected chi connectivity index (χ4v) is 2.33. The van der Waals surface area contributed by atoms with Gasteiger partial charge >= 0.3 is 12.1 Å². The number of hydrogen-bond acceptors (Lipinski definition) is 3. The topological polar surface area (TPSA) is 66.8 Å². The summed E-state index contributed by atoms with van der Waals surface area (Å²) in [7, 11) is 0. The molecule has 0 radical (unpaired) electrons. The third kappa shape index (κ3) is 2.84. The monoisotopic (exact) mass is 295 g/mol. The van der Waals surface area contributed by atoms with Gasteiger partial charge in [-0.2, -0.15) is 0 Å². The number of aryl methyl sites for hydroxylation is 1. The predicted octanol–water partition coefficient (Wildman–Crippen LogP) is 2.88. The summed E-state index contributed by atoms with van der Waals surface area (Å²) in [5.41, 5.74) is 0.170. The van der Waals surface area contributed by atoms with Gasteiger partial charge in [0.1, 0.15) is 17.5 Å². The molecule has 114 valence electrons. The maximum atomic E-state index is 14.1. The smallest absolute Gasteiger partial charge is 0.415 e. The molecule has 6 heteroatoms. The maximum absolute atomic E-state index is 14.1. The van der Waals surface area contributed by atoms with E-state index in [1.807, 2.05) is 0 Å². The molecule has 1 N–H and O–H groups in total. The lowest BCUT2D eigenvalue weighted by Crippen LogP contribution is -2.45. The quantitative estimate of drug-likeness (QED) is 0.865. The van der Waals surface area contributed by atoms with Crippen LogP contribution in [0.3, 0.4) is 0 Å². The normalized spacial score (nSPS) is 17.6. The molecule has 0 aromatic heterocycles. The first kappa shape index (κ1) is 15.3. The van der Waals surface area contributed by atoms with Gasteiger partial charge in [-0.1, -0.05) is 6.07 Å². The first-order valence-corrected chi connectivity index (χ1v) is 6.65. The molecule has 0 saturated carbocycles. The van der Waals surface area contributed by atoms with E-state index in [4.69, 9.17) is 4.74 Å². The van der Waals surface area contributed by atoms with Crippen LogP contribution in [-0.2, 0) is 16.0 Å². The zero-order chi connectivity index (χ0) is 15.9. The molecule has 1 aliphatic heterocycles. The Labute approximate surface area is 122 Å². The SMILES string of the molecule is Cc1ccc2c(c1F)C[C@@H](C(=O)O)N2C(=O)OC(C)(C)C. The second-order valence-corrected chi connectivity index (χ2v) is 6.10. The lowest BCUT2D eigenvalue weighted by atomic mass is 10.1. The zero-order valence-corrected chi connectivity index (χ0v) is 12.4. The summed E-state index contributed by atoms with van der Waals surface area (Å²) in [6, 6.07) is 1.93. The second kappa shape index (κ2) is 5.02. The first-order chi connectivity index (χ1) is 9.61. The number of ether oxygens (including phenoxy) is 1. The van der Waals surface area contributed by atoms with Crippen molar-refractivity contribution in [3.05, 3.63) is 29.1 Å². The van der Waals surface area contributed by atoms with Crippen molar-refractivity contribution in [3.63, 3.8) is 0 Å². The molecule has 1 heterocycles. The van der Waals surface area contributed by atoms with Crippen LogP contribution < -0.4 is 4.90 Å². The van der Waals surface area contributed by atoms with Crippen molar-refractivity contribution in [2.24, 2.45) is 0 Å². The number of halogens is 1. The molecule has 1 aromatic rings. The highest BCUT2D eigenvalue weighted by atomic mass is 19.1. The minimum Gasteiger partial charge on any atom is -0.480 e. The van der Waals surface area contributed by atoms with Crippen molar-refractivity contribution in [3.8, 4) is 0 Å². The Hall–Kier alpha value is -2.11. The third-order valence-electron chi connectivity index (χ3n) is 3.26. The first-order valence-electron chi connectivity index (χ1n) is 6.65. The molecular weight excluding hydrogens is 277 g/mol. The molecule has 1 aliphatic rings. The number of fused-ring (bicyclic) bond motifs is 1. The van der Waals surface area contributed by atoms with Gasteiger partial charge < -0.3 is 9.84 Å². The molecule has 1 aromatic carbocycles. The molecule has 5 nitrogen and oxygen atoms in total. The van der Waals surface area contributed by atoms with Crippen LogP contribution in [0.2, 0.25) is 0 Å². The van der Waals surface area contributed by atoms with Gasteiger partial charge in [0.05, 0.1) is 5.69 Å². The van der Waals surface area contributed by atoms with Crippen LogP contribution in [0.1, 0.15) is 31.9 Å². The van der Waals surface area contributed by atoms with Crippen molar-refractivity contribution < 1.29 is 23.8 Å². The number of aliphatic carboxylic acids is 1. The van der Waals surface area contributed by atoms with Crippen LogP contribution in [0.5, 0.6) is 0 Å². The number of hydrogen-bond donors (Lipinski definition) is 1. The Morgan fingerprint density at radius 1 is 1.38 bits per heavy atom. The number of benzene rings is 1. The van der Waals surface area contributed by atoms with E-state index in [1.165, 1.54) is 6.07 Å². The van der Waals surface area contributed by atoms with Gasteiger partial charge in [0, 0.05) is 12.0 Å². The van der Waals surface area contributed by atoms with Crippen LogP contribution in [0.4, 0.5) is 14.9 Å². The van der Waals surface area contributed by atoms with Crippen LogP contribution in [0.15, 0.2) is 12.1 Å². The van der Waals surface area contributed by atoms with Gasteiger partial charge in [0.15, 0.2) is 0 Å². The summed E-state index contributed by atoms with van der Waals surface area (Å²) in [4.78, 5) is 24.6. The third-order valence-corrected chi connectivity index (χ3v) is 3.26. The molecule has 0 unspecified atom stereocenters. The Kier molecular flexibility index (Phi) is 3.65. The standard InChI is InChI=1S/C15H18FNO4/c1-8-5-6-10-9(12(8)16)7-11(13(18)19)17(10)14(20)21-15(2,3)4/h5-6,11H,7H2,1-4H3,(H,18,19)/t11-/m0/s1. The minimum absolute atomic E-state index is 0.0581. The van der Waals surface area contributed by atoms with Crippen molar-refractivity contribution in [2.75, 3.05) is 4.90 Å². The van der Waals surface area contributed by atoms with E-state index in [-0.39, 0.29) is 17.7 Å². The molecule has 21 heavy (non-hydrogen) atoms. The van der Waals surface area contributed by atoms with E-state index in [1.54, 1.807) is 33.8 Å². The second-order valence-electron chi connectivity index (χ2n) is 6.10. The van der Waals surface area contributed by atoms with E-state index in [0.717, 1.165) is 4.90 Å². The van der Waals surface area contributed by atoms with Gasteiger partial charge in [0.2, 0.25) is 0 Å². The molecule has 1 atom stereocenters. The summed E-state index contributed by atoms with van der Waals surface area (Å²) >= 11 is 0. The lowest BCUT2D eigenvalue weighted by molar-refractivity contribution is -0.138. The van der Waals surface area contributed by atoms with Crippen molar-refractivity contribution in [1.29, 1.82) is 0 Å². The van der Waals surface area contributed by atoms with E-state index < -0.39 is 29.5 Å². The number of rotatable bonds is 1. The van der Waals surface area contributed by atoms with Gasteiger partial charge in [0.25, 0.3) is 0 Å². The number of nitrogens with zero attached hydrogens (tertiary/aromatic N) is 1. The number of carboxylic acid groups (broad SMARTS) is 1. The van der Waals surface area contributed by atoms with Gasteiger partial charge in [-0.3, -0.25) is 4.90 Å². The summed E-state index contributed by atoms with van der Waals surface area (Å²) in [6.45, 7) is 6.66. The molecule has 0 aliphatic carbocycles.